The third-order valence-corrected chi connectivity index (χ3v) is 3.31. The molecule has 0 aliphatic rings. The van der Waals surface area contributed by atoms with Gasteiger partial charge in [-0.05, 0) is 59.3 Å². The number of nitrogens with one attached hydrogen (secondary N) is 1. The van der Waals surface area contributed by atoms with Gasteiger partial charge in [0.2, 0.25) is 0 Å². The number of aliphatic hydroxyl groups excluding tert-OH is 1. The molecule has 98 valence electrons. The predicted octanol–water partition coefficient (Wildman–Crippen LogP) is 1.71. The number of hydrogen-bond acceptors (Lipinski definition) is 3. The van der Waals surface area contributed by atoms with Crippen molar-refractivity contribution in [3.63, 3.8) is 0 Å². The fraction of sp³-hybridized carbons (Fsp3) is 1.00. The molecule has 0 aromatic rings. The standard InChI is InChI=1S/C13H30N2O/c1-12(2)7-10-15(5)9-6-8-13(3,11-16)14-4/h12,14,16H,6-11H2,1-5H3. The van der Waals surface area contributed by atoms with Crippen molar-refractivity contribution >= 4 is 0 Å². The quantitative estimate of drug-likeness (QED) is 0.633. The molecule has 0 bridgehead atoms. The zero-order valence-corrected chi connectivity index (χ0v) is 11.7. The van der Waals surface area contributed by atoms with E-state index in [0.717, 1.165) is 25.3 Å². The van der Waals surface area contributed by atoms with Crippen LogP contribution in [0.1, 0.15) is 40.0 Å². The molecule has 0 aromatic heterocycles. The maximum Gasteiger partial charge on any atom is 0.0610 e. The molecule has 0 aliphatic carbocycles. The summed E-state index contributed by atoms with van der Waals surface area (Å²) in [6, 6.07) is 0. The predicted molar refractivity (Wildman–Crippen MR) is 70.7 cm³/mol. The lowest BCUT2D eigenvalue weighted by Crippen LogP contribution is -2.43. The Hall–Kier alpha value is -0.120. The highest BCUT2D eigenvalue weighted by atomic mass is 16.3. The largest absolute Gasteiger partial charge is 0.394 e. The minimum atomic E-state index is -0.112. The van der Waals surface area contributed by atoms with E-state index in [0.29, 0.717) is 0 Å². The van der Waals surface area contributed by atoms with Crippen molar-refractivity contribution in [2.24, 2.45) is 5.92 Å². The molecule has 0 saturated heterocycles. The van der Waals surface area contributed by atoms with Gasteiger partial charge in [-0.15, -0.1) is 0 Å². The third-order valence-electron chi connectivity index (χ3n) is 3.31. The smallest absolute Gasteiger partial charge is 0.0610 e. The van der Waals surface area contributed by atoms with E-state index in [2.05, 4.69) is 38.0 Å². The normalized spacial score (nSPS) is 15.8. The molecule has 1 atom stereocenters. The first-order valence-electron chi connectivity index (χ1n) is 6.42. The van der Waals surface area contributed by atoms with E-state index in [-0.39, 0.29) is 12.1 Å². The lowest BCUT2D eigenvalue weighted by atomic mass is 9.97. The number of rotatable bonds is 9. The van der Waals surface area contributed by atoms with Crippen LogP contribution in [0.4, 0.5) is 0 Å². The summed E-state index contributed by atoms with van der Waals surface area (Å²) in [6.07, 6.45) is 3.41. The Labute approximate surface area is 101 Å². The van der Waals surface area contributed by atoms with Crippen LogP contribution in [0, 0.1) is 5.92 Å². The van der Waals surface area contributed by atoms with Gasteiger partial charge in [-0.3, -0.25) is 0 Å². The molecular formula is C13H30N2O. The Balaban J connectivity index is 3.64. The van der Waals surface area contributed by atoms with Gasteiger partial charge in [0.1, 0.15) is 0 Å². The molecule has 0 amide bonds. The molecule has 0 aromatic carbocycles. The molecule has 0 rings (SSSR count). The average Bonchev–Trinajstić information content (AvgIpc) is 2.26. The van der Waals surface area contributed by atoms with Crippen molar-refractivity contribution in [1.29, 1.82) is 0 Å². The van der Waals surface area contributed by atoms with Crippen molar-refractivity contribution in [3.8, 4) is 0 Å². The van der Waals surface area contributed by atoms with Crippen molar-refractivity contribution < 1.29 is 5.11 Å². The Morgan fingerprint density at radius 2 is 1.94 bits per heavy atom. The van der Waals surface area contributed by atoms with Crippen LogP contribution >= 0.6 is 0 Å². The van der Waals surface area contributed by atoms with Gasteiger partial charge in [-0.25, -0.2) is 0 Å². The van der Waals surface area contributed by atoms with Crippen LogP contribution < -0.4 is 5.32 Å². The maximum atomic E-state index is 9.25. The fourth-order valence-corrected chi connectivity index (χ4v) is 1.61. The summed E-state index contributed by atoms with van der Waals surface area (Å²) in [4.78, 5) is 2.38. The van der Waals surface area contributed by atoms with Crippen LogP contribution in [0.5, 0.6) is 0 Å². The first-order valence-corrected chi connectivity index (χ1v) is 6.42. The van der Waals surface area contributed by atoms with Crippen LogP contribution in [0.2, 0.25) is 0 Å². The Kier molecular flexibility index (Phi) is 7.98. The van der Waals surface area contributed by atoms with Crippen molar-refractivity contribution in [3.05, 3.63) is 0 Å². The Bertz CT molecular complexity index is 167. The fourth-order valence-electron chi connectivity index (χ4n) is 1.61. The highest BCUT2D eigenvalue weighted by Crippen LogP contribution is 2.11. The summed E-state index contributed by atoms with van der Waals surface area (Å²) in [6.45, 7) is 9.09. The summed E-state index contributed by atoms with van der Waals surface area (Å²) in [5.41, 5.74) is -0.112. The molecule has 3 nitrogen and oxygen atoms in total. The van der Waals surface area contributed by atoms with Crippen molar-refractivity contribution in [1.82, 2.24) is 10.2 Å². The molecule has 0 aliphatic heterocycles. The van der Waals surface area contributed by atoms with Crippen LogP contribution in [0.3, 0.4) is 0 Å². The maximum absolute atomic E-state index is 9.25. The molecule has 0 fully saturated rings. The Morgan fingerprint density at radius 3 is 2.38 bits per heavy atom. The minimum absolute atomic E-state index is 0.112. The summed E-state index contributed by atoms with van der Waals surface area (Å²) in [5, 5.41) is 12.4. The van der Waals surface area contributed by atoms with Gasteiger partial charge >= 0.3 is 0 Å². The molecule has 3 heteroatoms. The minimum Gasteiger partial charge on any atom is -0.394 e. The second kappa shape index (κ2) is 8.04. The molecule has 2 N–H and O–H groups in total. The third kappa shape index (κ3) is 7.20. The molecule has 1 unspecified atom stereocenters. The lowest BCUT2D eigenvalue weighted by molar-refractivity contribution is 0.166. The van der Waals surface area contributed by atoms with Crippen LogP contribution in [0.15, 0.2) is 0 Å². The van der Waals surface area contributed by atoms with Gasteiger partial charge in [-0.2, -0.15) is 0 Å². The summed E-state index contributed by atoms with van der Waals surface area (Å²) in [7, 11) is 4.09. The molecule has 16 heavy (non-hydrogen) atoms. The lowest BCUT2D eigenvalue weighted by Gasteiger charge is -2.28. The second-order valence-electron chi connectivity index (χ2n) is 5.56. The van der Waals surface area contributed by atoms with Crippen LogP contribution in [0.25, 0.3) is 0 Å². The van der Waals surface area contributed by atoms with E-state index < -0.39 is 0 Å². The Morgan fingerprint density at radius 1 is 1.31 bits per heavy atom. The topological polar surface area (TPSA) is 35.5 Å². The first-order chi connectivity index (χ1) is 7.43. The molecular weight excluding hydrogens is 200 g/mol. The summed E-state index contributed by atoms with van der Waals surface area (Å²) in [5.74, 6) is 0.780. The summed E-state index contributed by atoms with van der Waals surface area (Å²) < 4.78 is 0. The van der Waals surface area contributed by atoms with Gasteiger partial charge in [0, 0.05) is 5.54 Å². The summed E-state index contributed by atoms with van der Waals surface area (Å²) >= 11 is 0. The SMILES string of the molecule is CNC(C)(CO)CCCN(C)CCC(C)C. The van der Waals surface area contributed by atoms with E-state index in [9.17, 15) is 5.11 Å². The van der Waals surface area contributed by atoms with E-state index in [1.165, 1.54) is 13.0 Å². The molecule has 0 saturated carbocycles. The van der Waals surface area contributed by atoms with Gasteiger partial charge in [0.25, 0.3) is 0 Å². The number of nitrogens with zero attached hydrogens (tertiary/aromatic N) is 1. The van der Waals surface area contributed by atoms with Crippen molar-refractivity contribution in [2.75, 3.05) is 33.8 Å². The first kappa shape index (κ1) is 15.9. The van der Waals surface area contributed by atoms with E-state index in [1.807, 2.05) is 7.05 Å². The monoisotopic (exact) mass is 230 g/mol. The highest BCUT2D eigenvalue weighted by molar-refractivity contribution is 4.80. The zero-order chi connectivity index (χ0) is 12.6. The van der Waals surface area contributed by atoms with Gasteiger partial charge in [-0.1, -0.05) is 13.8 Å². The average molecular weight is 230 g/mol. The van der Waals surface area contributed by atoms with Crippen LogP contribution in [-0.2, 0) is 0 Å². The van der Waals surface area contributed by atoms with Gasteiger partial charge in [0.15, 0.2) is 0 Å². The van der Waals surface area contributed by atoms with Crippen LogP contribution in [-0.4, -0.2) is 49.3 Å². The molecule has 0 heterocycles. The molecule has 0 spiro atoms. The van der Waals surface area contributed by atoms with Gasteiger partial charge < -0.3 is 15.3 Å². The second-order valence-corrected chi connectivity index (χ2v) is 5.56. The number of aliphatic hydroxyl groups is 1. The number of likely N-dealkylation sites (N-methyl/N-ethyl adjacent to an activating group) is 1. The van der Waals surface area contributed by atoms with E-state index in [4.69, 9.17) is 0 Å². The van der Waals surface area contributed by atoms with Crippen molar-refractivity contribution in [2.45, 2.75) is 45.6 Å². The number of hydrogen-bond donors (Lipinski definition) is 2. The zero-order valence-electron chi connectivity index (χ0n) is 11.7. The van der Waals surface area contributed by atoms with E-state index in [1.54, 1.807) is 0 Å². The molecule has 0 radical (unpaired) electrons. The highest BCUT2D eigenvalue weighted by Gasteiger charge is 2.19. The van der Waals surface area contributed by atoms with Gasteiger partial charge in [0.05, 0.1) is 6.61 Å². The van der Waals surface area contributed by atoms with E-state index >= 15 is 0 Å².